The summed E-state index contributed by atoms with van der Waals surface area (Å²) < 4.78 is 5.29. The number of primary amides is 1. The molecule has 0 aliphatic carbocycles. The number of aryl methyl sites for hydroxylation is 1. The average Bonchev–Trinajstić information content (AvgIpc) is 2.90. The van der Waals surface area contributed by atoms with Crippen LogP contribution in [-0.2, 0) is 17.8 Å². The van der Waals surface area contributed by atoms with Crippen LogP contribution in [0.15, 0.2) is 66.9 Å². The molecule has 6 heteroatoms. The predicted octanol–water partition coefficient (Wildman–Crippen LogP) is 7.09. The average molecular weight is 525 g/mol. The molecule has 1 amide bonds. The van der Waals surface area contributed by atoms with Crippen LogP contribution in [-0.4, -0.2) is 23.0 Å². The first-order valence-electron chi connectivity index (χ1n) is 13.5. The Balaban J connectivity index is 1.74. The van der Waals surface area contributed by atoms with Crippen molar-refractivity contribution < 1.29 is 9.53 Å². The van der Waals surface area contributed by atoms with Crippen LogP contribution in [0.1, 0.15) is 57.2 Å². The van der Waals surface area contributed by atoms with Crippen LogP contribution < -0.4 is 15.8 Å². The highest BCUT2D eigenvalue weighted by atomic mass is 16.5. The number of carbonyl (C=O) groups excluding carboxylic acids is 1. The van der Waals surface area contributed by atoms with E-state index in [9.17, 15) is 4.79 Å². The van der Waals surface area contributed by atoms with Crippen molar-refractivity contribution in [1.82, 2.24) is 9.97 Å². The van der Waals surface area contributed by atoms with Crippen molar-refractivity contribution in [2.24, 2.45) is 16.6 Å². The zero-order valence-electron chi connectivity index (χ0n) is 24.0. The molecule has 6 nitrogen and oxygen atoms in total. The number of nitrogens with zero attached hydrogens (tertiary/aromatic N) is 2. The summed E-state index contributed by atoms with van der Waals surface area (Å²) in [6, 6.07) is 20.4. The second-order valence-electron chi connectivity index (χ2n) is 11.9. The highest BCUT2D eigenvalue weighted by molar-refractivity contribution is 5.87. The van der Waals surface area contributed by atoms with Crippen LogP contribution in [0, 0.1) is 17.8 Å². The molecule has 0 fully saturated rings. The van der Waals surface area contributed by atoms with E-state index >= 15 is 0 Å². The standard InChI is InChI=1S/C33H40N4O2/c1-22-8-7-17-35-29(22)24-11-14-28-25(18-24)19-26(20-33(5,31(34)38)16-15-32(2,3)4)30(37-28)36-21-23-9-12-27(39-6)13-10-23/h7-14,17-19H,15-16,20-21H2,1-6H3,(H2,34,38)(H,36,37). The minimum Gasteiger partial charge on any atom is -0.497 e. The Morgan fingerprint density at radius 1 is 1.00 bits per heavy atom. The van der Waals surface area contributed by atoms with Gasteiger partial charge in [0.05, 0.1) is 23.7 Å². The van der Waals surface area contributed by atoms with Gasteiger partial charge in [0.1, 0.15) is 11.6 Å². The molecule has 0 bridgehead atoms. The lowest BCUT2D eigenvalue weighted by Crippen LogP contribution is -2.37. The van der Waals surface area contributed by atoms with Crippen molar-refractivity contribution in [2.75, 3.05) is 12.4 Å². The molecule has 0 saturated heterocycles. The van der Waals surface area contributed by atoms with E-state index < -0.39 is 5.41 Å². The van der Waals surface area contributed by atoms with Crippen molar-refractivity contribution in [2.45, 2.75) is 60.4 Å². The van der Waals surface area contributed by atoms with Gasteiger partial charge < -0.3 is 15.8 Å². The number of hydrogen-bond donors (Lipinski definition) is 2. The summed E-state index contributed by atoms with van der Waals surface area (Å²) in [5, 5.41) is 4.54. The van der Waals surface area contributed by atoms with E-state index in [1.807, 2.05) is 49.5 Å². The third-order valence-electron chi connectivity index (χ3n) is 7.40. The number of carbonyl (C=O) groups is 1. The maximum absolute atomic E-state index is 12.8. The number of rotatable bonds is 10. The van der Waals surface area contributed by atoms with Gasteiger partial charge in [-0.3, -0.25) is 9.78 Å². The number of pyridine rings is 2. The fourth-order valence-electron chi connectivity index (χ4n) is 4.74. The van der Waals surface area contributed by atoms with Crippen molar-refractivity contribution >= 4 is 22.6 Å². The SMILES string of the molecule is COc1ccc(CNc2nc3ccc(-c4ncccc4C)cc3cc2CC(C)(CCC(C)(C)C)C(N)=O)cc1. The smallest absolute Gasteiger partial charge is 0.223 e. The summed E-state index contributed by atoms with van der Waals surface area (Å²) in [6.45, 7) is 11.2. The van der Waals surface area contributed by atoms with Crippen LogP contribution in [0.5, 0.6) is 5.75 Å². The third-order valence-corrected chi connectivity index (χ3v) is 7.40. The van der Waals surface area contributed by atoms with E-state index in [1.54, 1.807) is 7.11 Å². The number of fused-ring (bicyclic) bond motifs is 1. The van der Waals surface area contributed by atoms with Crippen molar-refractivity contribution in [1.29, 1.82) is 0 Å². The van der Waals surface area contributed by atoms with Gasteiger partial charge in [0.15, 0.2) is 0 Å². The molecule has 0 saturated carbocycles. The van der Waals surface area contributed by atoms with Gasteiger partial charge in [-0.1, -0.05) is 52.0 Å². The quantitative estimate of drug-likeness (QED) is 0.231. The predicted molar refractivity (Wildman–Crippen MR) is 160 cm³/mol. The van der Waals surface area contributed by atoms with Crippen LogP contribution in [0.4, 0.5) is 5.82 Å². The molecule has 0 radical (unpaired) electrons. The lowest BCUT2D eigenvalue weighted by atomic mass is 9.74. The second kappa shape index (κ2) is 11.4. The van der Waals surface area contributed by atoms with Crippen LogP contribution in [0.3, 0.4) is 0 Å². The molecule has 0 aliphatic rings. The Morgan fingerprint density at radius 2 is 1.74 bits per heavy atom. The van der Waals surface area contributed by atoms with Crippen LogP contribution in [0.2, 0.25) is 0 Å². The molecular weight excluding hydrogens is 484 g/mol. The Hall–Kier alpha value is -3.93. The first kappa shape index (κ1) is 28.1. The summed E-state index contributed by atoms with van der Waals surface area (Å²) in [4.78, 5) is 22.4. The van der Waals surface area contributed by atoms with Gasteiger partial charge in [0.2, 0.25) is 5.91 Å². The number of nitrogens with two attached hydrogens (primary N) is 1. The molecule has 39 heavy (non-hydrogen) atoms. The van der Waals surface area contributed by atoms with E-state index in [2.05, 4.69) is 62.3 Å². The number of anilines is 1. The van der Waals surface area contributed by atoms with Gasteiger partial charge in [-0.05, 0) is 84.7 Å². The number of methoxy groups -OCH3 is 1. The molecule has 2 heterocycles. The number of ether oxygens (including phenoxy) is 1. The Morgan fingerprint density at radius 3 is 2.38 bits per heavy atom. The molecule has 1 unspecified atom stereocenters. The lowest BCUT2D eigenvalue weighted by molar-refractivity contribution is -0.127. The van der Waals surface area contributed by atoms with E-state index in [0.29, 0.717) is 19.4 Å². The van der Waals surface area contributed by atoms with E-state index in [4.69, 9.17) is 15.5 Å². The number of hydrogen-bond acceptors (Lipinski definition) is 5. The molecule has 4 aromatic rings. The van der Waals surface area contributed by atoms with Crippen molar-refractivity contribution in [3.63, 3.8) is 0 Å². The minimum atomic E-state index is -0.700. The summed E-state index contributed by atoms with van der Waals surface area (Å²) >= 11 is 0. The largest absolute Gasteiger partial charge is 0.497 e. The Kier molecular flexibility index (Phi) is 8.24. The Labute approximate surface area is 232 Å². The Bertz CT molecular complexity index is 1460. The number of benzene rings is 2. The van der Waals surface area contributed by atoms with Crippen LogP contribution in [0.25, 0.3) is 22.2 Å². The minimum absolute atomic E-state index is 0.100. The highest BCUT2D eigenvalue weighted by Crippen LogP contribution is 2.36. The first-order chi connectivity index (χ1) is 18.5. The molecular formula is C33H40N4O2. The molecule has 204 valence electrons. The molecule has 2 aromatic carbocycles. The number of amides is 1. The molecule has 3 N–H and O–H groups in total. The fraction of sp³-hybridized carbons (Fsp3) is 0.364. The number of aromatic nitrogens is 2. The summed E-state index contributed by atoms with van der Waals surface area (Å²) in [5.74, 6) is 1.30. The lowest BCUT2D eigenvalue weighted by Gasteiger charge is -2.30. The van der Waals surface area contributed by atoms with Crippen molar-refractivity contribution in [3.05, 3.63) is 83.6 Å². The van der Waals surface area contributed by atoms with Gasteiger partial charge in [-0.25, -0.2) is 4.98 Å². The first-order valence-corrected chi connectivity index (χ1v) is 13.5. The maximum atomic E-state index is 12.8. The molecule has 0 spiro atoms. The topological polar surface area (TPSA) is 90.1 Å². The van der Waals surface area contributed by atoms with Gasteiger partial charge in [0, 0.05) is 23.7 Å². The van der Waals surface area contributed by atoms with Crippen molar-refractivity contribution in [3.8, 4) is 17.0 Å². The normalized spacial score (nSPS) is 13.2. The van der Waals surface area contributed by atoms with E-state index in [1.165, 1.54) is 0 Å². The van der Waals surface area contributed by atoms with E-state index in [0.717, 1.165) is 56.8 Å². The summed E-state index contributed by atoms with van der Waals surface area (Å²) in [5.41, 5.74) is 11.5. The summed E-state index contributed by atoms with van der Waals surface area (Å²) in [6.07, 6.45) is 3.91. The monoisotopic (exact) mass is 524 g/mol. The van der Waals surface area contributed by atoms with Crippen LogP contribution >= 0.6 is 0 Å². The van der Waals surface area contributed by atoms with Gasteiger partial charge in [-0.15, -0.1) is 0 Å². The highest BCUT2D eigenvalue weighted by Gasteiger charge is 2.33. The number of nitrogens with one attached hydrogen (secondary N) is 1. The van der Waals surface area contributed by atoms with E-state index in [-0.39, 0.29) is 11.3 Å². The maximum Gasteiger partial charge on any atom is 0.223 e. The molecule has 2 aromatic heterocycles. The second-order valence-corrected chi connectivity index (χ2v) is 11.9. The zero-order chi connectivity index (χ0) is 28.2. The zero-order valence-corrected chi connectivity index (χ0v) is 24.0. The summed E-state index contributed by atoms with van der Waals surface area (Å²) in [7, 11) is 1.66. The fourth-order valence-corrected chi connectivity index (χ4v) is 4.74. The molecule has 1 atom stereocenters. The molecule has 4 rings (SSSR count). The third kappa shape index (κ3) is 6.94. The molecule has 0 aliphatic heterocycles. The van der Waals surface area contributed by atoms with Gasteiger partial charge in [0.25, 0.3) is 0 Å². The van der Waals surface area contributed by atoms with Gasteiger partial charge in [-0.2, -0.15) is 0 Å². The van der Waals surface area contributed by atoms with Gasteiger partial charge >= 0.3 is 0 Å².